The van der Waals surface area contributed by atoms with Gasteiger partial charge in [-0.05, 0) is 61.6 Å². The maximum Gasteiger partial charge on any atom is 0.418 e. The van der Waals surface area contributed by atoms with Crippen LogP contribution in [0.3, 0.4) is 0 Å². The lowest BCUT2D eigenvalue weighted by atomic mass is 9.94. The number of carbonyl (C=O) groups is 4. The van der Waals surface area contributed by atoms with E-state index in [2.05, 4.69) is 10.6 Å². The van der Waals surface area contributed by atoms with E-state index >= 15 is 0 Å². The maximum atomic E-state index is 13.5. The number of hydrogen-bond donors (Lipinski definition) is 2. The van der Waals surface area contributed by atoms with Crippen molar-refractivity contribution in [1.82, 2.24) is 15.1 Å². The van der Waals surface area contributed by atoms with E-state index in [1.54, 1.807) is 18.2 Å². The van der Waals surface area contributed by atoms with Gasteiger partial charge in [-0.15, -0.1) is 0 Å². The third-order valence-corrected chi connectivity index (χ3v) is 7.72. The largest absolute Gasteiger partial charge is 0.427 e. The molecule has 2 N–H and O–H groups in total. The van der Waals surface area contributed by atoms with Gasteiger partial charge in [0.15, 0.2) is 0 Å². The Balaban J connectivity index is 1.34. The number of imide groups is 1. The predicted molar refractivity (Wildman–Crippen MR) is 132 cm³/mol. The SMILES string of the molecule is CNC(=O)Nc1ccc2c(c1)CC[C@@]21OC(=O)N(CC(=O)N2[C@@H](C)CC[C@H]2c2ccc(C(F)(F)F)cc2)C1=O. The number of hydrogen-bond acceptors (Lipinski definition) is 5. The first kappa shape index (κ1) is 26.5. The quantitative estimate of drug-likeness (QED) is 0.596. The Morgan fingerprint density at radius 1 is 1.10 bits per heavy atom. The van der Waals surface area contributed by atoms with Crippen molar-refractivity contribution in [2.75, 3.05) is 18.9 Å². The van der Waals surface area contributed by atoms with Crippen LogP contribution < -0.4 is 10.6 Å². The first-order valence-corrected chi connectivity index (χ1v) is 12.6. The molecular weight excluding hydrogens is 517 g/mol. The van der Waals surface area contributed by atoms with Crippen LogP contribution in [0.1, 0.15) is 54.5 Å². The Morgan fingerprint density at radius 3 is 2.49 bits per heavy atom. The molecular formula is C27H27F3N4O5. The number of aryl methyl sites for hydroxylation is 1. The summed E-state index contributed by atoms with van der Waals surface area (Å²) in [4.78, 5) is 53.8. The minimum absolute atomic E-state index is 0.204. The molecule has 2 saturated heterocycles. The zero-order chi connectivity index (χ0) is 28.1. The van der Waals surface area contributed by atoms with Crippen molar-refractivity contribution < 1.29 is 37.1 Å². The molecule has 1 aliphatic carbocycles. The van der Waals surface area contributed by atoms with Gasteiger partial charge in [0.25, 0.3) is 5.91 Å². The molecule has 39 heavy (non-hydrogen) atoms. The molecule has 5 amide bonds. The van der Waals surface area contributed by atoms with Crippen LogP contribution in [0.4, 0.5) is 28.4 Å². The van der Waals surface area contributed by atoms with Gasteiger partial charge in [0.05, 0.1) is 11.6 Å². The molecule has 3 aliphatic rings. The fourth-order valence-electron chi connectivity index (χ4n) is 5.77. The smallest absolute Gasteiger partial charge is 0.418 e. The van der Waals surface area contributed by atoms with E-state index in [-0.39, 0.29) is 12.5 Å². The standard InChI is InChI=1S/C27H27F3N4O5/c1-15-3-10-21(16-4-6-18(7-5-16)27(28,29)30)34(15)22(35)14-33-23(36)26(39-25(33)38)12-11-17-13-19(8-9-20(17)26)32-24(37)31-2/h4-9,13,15,21H,3,10-12,14H2,1-2H3,(H2,31,32,37)/t15-,21-,26+/m0/s1. The van der Waals surface area contributed by atoms with Gasteiger partial charge in [0.1, 0.15) is 6.54 Å². The van der Waals surface area contributed by atoms with E-state index < -0.39 is 53.9 Å². The number of nitrogens with zero attached hydrogens (tertiary/aromatic N) is 2. The topological polar surface area (TPSA) is 108 Å². The van der Waals surface area contributed by atoms with Crippen molar-refractivity contribution in [1.29, 1.82) is 0 Å². The maximum absolute atomic E-state index is 13.5. The minimum Gasteiger partial charge on any atom is -0.427 e. The lowest BCUT2D eigenvalue weighted by Crippen LogP contribution is -2.46. The second-order valence-corrected chi connectivity index (χ2v) is 10.0. The number of benzene rings is 2. The van der Waals surface area contributed by atoms with Crippen LogP contribution in [0.5, 0.6) is 0 Å². The Kier molecular flexibility index (Phi) is 6.51. The molecule has 1 spiro atoms. The first-order valence-electron chi connectivity index (χ1n) is 12.6. The normalized spacial score (nSPS) is 24.2. The van der Waals surface area contributed by atoms with Gasteiger partial charge in [-0.1, -0.05) is 18.2 Å². The molecule has 0 radical (unpaired) electrons. The van der Waals surface area contributed by atoms with Crippen LogP contribution >= 0.6 is 0 Å². The number of rotatable bonds is 4. The Hall–Kier alpha value is -4.09. The van der Waals surface area contributed by atoms with Crippen LogP contribution in [0.2, 0.25) is 0 Å². The molecule has 2 aromatic carbocycles. The molecule has 2 fully saturated rings. The molecule has 12 heteroatoms. The number of amides is 5. The zero-order valence-electron chi connectivity index (χ0n) is 21.3. The number of anilines is 1. The number of alkyl halides is 3. The van der Waals surface area contributed by atoms with Crippen molar-refractivity contribution in [2.45, 2.75) is 56.5 Å². The third kappa shape index (κ3) is 4.57. The van der Waals surface area contributed by atoms with Gasteiger partial charge in [0, 0.05) is 30.8 Å². The van der Waals surface area contributed by atoms with Crippen LogP contribution in [0, 0.1) is 0 Å². The fraction of sp³-hybridized carbons (Fsp3) is 0.407. The lowest BCUT2D eigenvalue weighted by molar-refractivity contribution is -0.143. The molecule has 0 unspecified atom stereocenters. The van der Waals surface area contributed by atoms with E-state index in [9.17, 15) is 32.3 Å². The molecule has 206 valence electrons. The Morgan fingerprint density at radius 2 is 1.82 bits per heavy atom. The molecule has 3 atom stereocenters. The summed E-state index contributed by atoms with van der Waals surface area (Å²) >= 11 is 0. The number of fused-ring (bicyclic) bond motifs is 2. The summed E-state index contributed by atoms with van der Waals surface area (Å²) in [7, 11) is 1.48. The van der Waals surface area contributed by atoms with E-state index in [0.29, 0.717) is 36.1 Å². The van der Waals surface area contributed by atoms with Crippen LogP contribution in [0.25, 0.3) is 0 Å². The van der Waals surface area contributed by atoms with Gasteiger partial charge in [-0.3, -0.25) is 9.59 Å². The van der Waals surface area contributed by atoms with Crippen molar-refractivity contribution in [3.8, 4) is 0 Å². The zero-order valence-corrected chi connectivity index (χ0v) is 21.3. The number of nitrogens with one attached hydrogen (secondary N) is 2. The summed E-state index contributed by atoms with van der Waals surface area (Å²) < 4.78 is 44.6. The van der Waals surface area contributed by atoms with Gasteiger partial charge >= 0.3 is 18.3 Å². The average molecular weight is 545 g/mol. The van der Waals surface area contributed by atoms with E-state index in [0.717, 1.165) is 22.6 Å². The Bertz CT molecular complexity index is 1350. The molecule has 2 aromatic rings. The highest BCUT2D eigenvalue weighted by atomic mass is 19.4. The third-order valence-electron chi connectivity index (χ3n) is 7.72. The van der Waals surface area contributed by atoms with Gasteiger partial charge in [0.2, 0.25) is 11.5 Å². The van der Waals surface area contributed by atoms with E-state index in [4.69, 9.17) is 4.74 Å². The predicted octanol–water partition coefficient (Wildman–Crippen LogP) is 4.33. The van der Waals surface area contributed by atoms with E-state index in [1.807, 2.05) is 6.92 Å². The minimum atomic E-state index is -4.47. The highest BCUT2D eigenvalue weighted by Crippen LogP contribution is 2.46. The average Bonchev–Trinajstić information content (AvgIpc) is 3.53. The van der Waals surface area contributed by atoms with Crippen LogP contribution in [-0.2, 0) is 32.5 Å². The molecule has 5 rings (SSSR count). The number of likely N-dealkylation sites (tertiary alicyclic amines) is 1. The van der Waals surface area contributed by atoms with Gasteiger partial charge < -0.3 is 20.3 Å². The lowest BCUT2D eigenvalue weighted by Gasteiger charge is -2.30. The summed E-state index contributed by atoms with van der Waals surface area (Å²) in [6.07, 6.45) is -3.59. The number of urea groups is 1. The molecule has 9 nitrogen and oxygen atoms in total. The van der Waals surface area contributed by atoms with Crippen molar-refractivity contribution in [2.24, 2.45) is 0 Å². The van der Waals surface area contributed by atoms with Gasteiger partial charge in [-0.25, -0.2) is 14.5 Å². The molecule has 0 saturated carbocycles. The Labute approximate surface area is 222 Å². The molecule has 0 aromatic heterocycles. The fourth-order valence-corrected chi connectivity index (χ4v) is 5.77. The summed E-state index contributed by atoms with van der Waals surface area (Å²) in [5.41, 5.74) is 0.00919. The molecule has 2 aliphatic heterocycles. The number of halogens is 3. The highest BCUT2D eigenvalue weighted by Gasteiger charge is 2.58. The molecule has 0 bridgehead atoms. The highest BCUT2D eigenvalue weighted by molar-refractivity contribution is 6.06. The molecule has 2 heterocycles. The number of carbonyl (C=O) groups excluding carboxylic acids is 4. The van der Waals surface area contributed by atoms with Crippen LogP contribution in [-0.4, -0.2) is 53.4 Å². The second-order valence-electron chi connectivity index (χ2n) is 10.0. The summed E-state index contributed by atoms with van der Waals surface area (Å²) in [6, 6.07) is 8.54. The monoisotopic (exact) mass is 544 g/mol. The summed E-state index contributed by atoms with van der Waals surface area (Å²) in [6.45, 7) is 1.29. The van der Waals surface area contributed by atoms with Gasteiger partial charge in [-0.2, -0.15) is 13.2 Å². The summed E-state index contributed by atoms with van der Waals surface area (Å²) in [5.74, 6) is -1.12. The van der Waals surface area contributed by atoms with Crippen molar-refractivity contribution >= 4 is 29.6 Å². The van der Waals surface area contributed by atoms with Crippen molar-refractivity contribution in [3.05, 3.63) is 64.7 Å². The van der Waals surface area contributed by atoms with E-state index in [1.165, 1.54) is 24.1 Å². The van der Waals surface area contributed by atoms with Crippen LogP contribution in [0.15, 0.2) is 42.5 Å². The second kappa shape index (κ2) is 9.58. The number of ether oxygens (including phenoxy) is 1. The van der Waals surface area contributed by atoms with Crippen molar-refractivity contribution in [3.63, 3.8) is 0 Å². The first-order chi connectivity index (χ1) is 18.4. The summed E-state index contributed by atoms with van der Waals surface area (Å²) in [5, 5.41) is 5.11.